The van der Waals surface area contributed by atoms with Gasteiger partial charge in [-0.1, -0.05) is 0 Å². The van der Waals surface area contributed by atoms with Gasteiger partial charge in [0.2, 0.25) is 0 Å². The molecule has 0 unspecified atom stereocenters. The van der Waals surface area contributed by atoms with Gasteiger partial charge >= 0.3 is 11.9 Å². The molecule has 0 aromatic heterocycles. The first kappa shape index (κ1) is 11.0. The summed E-state index contributed by atoms with van der Waals surface area (Å²) in [6.45, 7) is 1.20. The molecule has 0 heterocycles. The Morgan fingerprint density at radius 1 is 1.33 bits per heavy atom. The summed E-state index contributed by atoms with van der Waals surface area (Å²) in [5.74, 6) is -1.42. The summed E-state index contributed by atoms with van der Waals surface area (Å²) in [6, 6.07) is 3.86. The molecule has 0 aliphatic rings. The number of carbonyl (C=O) groups is 2. The van der Waals surface area contributed by atoms with Crippen LogP contribution in [0.3, 0.4) is 0 Å². The predicted octanol–water partition coefficient (Wildman–Crippen LogP) is 1.10. The topological polar surface area (TPSA) is 72.8 Å². The minimum absolute atomic E-state index is 0.0644. The van der Waals surface area contributed by atoms with Crippen LogP contribution in [0.15, 0.2) is 18.2 Å². The third kappa shape index (κ3) is 2.70. The molecule has 0 amide bonds. The lowest BCUT2D eigenvalue weighted by atomic mass is 10.2. The summed E-state index contributed by atoms with van der Waals surface area (Å²) in [5, 5.41) is 9.31. The molecular weight excluding hydrogens is 200 g/mol. The molecule has 0 saturated carbocycles. The van der Waals surface area contributed by atoms with Crippen molar-refractivity contribution in [1.82, 2.24) is 0 Å². The van der Waals surface area contributed by atoms with E-state index in [0.29, 0.717) is 0 Å². The van der Waals surface area contributed by atoms with Gasteiger partial charge in [-0.2, -0.15) is 0 Å². The van der Waals surface area contributed by atoms with Gasteiger partial charge in [0.25, 0.3) is 0 Å². The molecule has 1 aromatic rings. The number of ether oxygens (including phenoxy) is 2. The minimum atomic E-state index is -0.577. The van der Waals surface area contributed by atoms with Gasteiger partial charge < -0.3 is 14.6 Å². The first-order chi connectivity index (χ1) is 7.04. The normalized spacial score (nSPS) is 9.47. The third-order valence-electron chi connectivity index (χ3n) is 1.63. The Hall–Kier alpha value is -2.04. The van der Waals surface area contributed by atoms with E-state index < -0.39 is 11.9 Å². The molecule has 0 aliphatic heterocycles. The summed E-state index contributed by atoms with van der Waals surface area (Å²) in [7, 11) is 1.24. The van der Waals surface area contributed by atoms with Crippen molar-refractivity contribution in [3.05, 3.63) is 23.8 Å². The Morgan fingerprint density at radius 3 is 2.53 bits per heavy atom. The van der Waals surface area contributed by atoms with Crippen LogP contribution in [-0.2, 0) is 9.53 Å². The highest BCUT2D eigenvalue weighted by molar-refractivity contribution is 5.90. The highest BCUT2D eigenvalue weighted by atomic mass is 16.5. The quantitative estimate of drug-likeness (QED) is 0.584. The smallest absolute Gasteiger partial charge is 0.337 e. The summed E-state index contributed by atoms with van der Waals surface area (Å²) in [4.78, 5) is 21.8. The fourth-order valence-corrected chi connectivity index (χ4v) is 0.996. The van der Waals surface area contributed by atoms with Crippen molar-refractivity contribution in [3.8, 4) is 11.5 Å². The second-order valence-electron chi connectivity index (χ2n) is 2.77. The molecule has 0 bridgehead atoms. The number of phenolic OH excluding ortho intramolecular Hbond substituents is 1. The maximum absolute atomic E-state index is 11.1. The number of methoxy groups -OCH3 is 1. The summed E-state index contributed by atoms with van der Waals surface area (Å²) in [6.07, 6.45) is 0. The zero-order chi connectivity index (χ0) is 11.4. The molecule has 0 radical (unpaired) electrons. The lowest BCUT2D eigenvalue weighted by Crippen LogP contribution is -2.05. The molecule has 1 N–H and O–H groups in total. The molecule has 1 aromatic carbocycles. The number of hydrogen-bond acceptors (Lipinski definition) is 5. The first-order valence-corrected chi connectivity index (χ1v) is 4.14. The molecule has 0 spiro atoms. The number of carbonyl (C=O) groups excluding carboxylic acids is 2. The van der Waals surface area contributed by atoms with E-state index in [-0.39, 0.29) is 17.1 Å². The van der Waals surface area contributed by atoms with E-state index in [1.165, 1.54) is 32.2 Å². The molecular formula is C10H10O5. The molecule has 5 nitrogen and oxygen atoms in total. The standard InChI is InChI=1S/C10H10O5/c1-6(11)15-9-5-7(10(13)14-2)3-4-8(9)12/h3-5,12H,1-2H3. The van der Waals surface area contributed by atoms with E-state index in [2.05, 4.69) is 9.47 Å². The zero-order valence-electron chi connectivity index (χ0n) is 8.31. The van der Waals surface area contributed by atoms with Crippen LogP contribution in [-0.4, -0.2) is 24.2 Å². The Morgan fingerprint density at radius 2 is 2.00 bits per heavy atom. The largest absolute Gasteiger partial charge is 0.504 e. The van der Waals surface area contributed by atoms with Crippen LogP contribution >= 0.6 is 0 Å². The summed E-state index contributed by atoms with van der Waals surface area (Å²) >= 11 is 0. The highest BCUT2D eigenvalue weighted by Gasteiger charge is 2.11. The zero-order valence-corrected chi connectivity index (χ0v) is 8.31. The Labute approximate surface area is 86.2 Å². The van der Waals surface area contributed by atoms with Crippen LogP contribution < -0.4 is 4.74 Å². The number of hydrogen-bond donors (Lipinski definition) is 1. The van der Waals surface area contributed by atoms with Gasteiger partial charge in [0, 0.05) is 6.92 Å². The summed E-state index contributed by atoms with van der Waals surface area (Å²) in [5.41, 5.74) is 0.201. The molecule has 5 heteroatoms. The number of rotatable bonds is 2. The van der Waals surface area contributed by atoms with E-state index in [0.717, 1.165) is 0 Å². The van der Waals surface area contributed by atoms with Crippen molar-refractivity contribution in [3.63, 3.8) is 0 Å². The molecule has 0 saturated heterocycles. The molecule has 0 atom stereocenters. The lowest BCUT2D eigenvalue weighted by molar-refractivity contribution is -0.132. The number of phenols is 1. The fourth-order valence-electron chi connectivity index (χ4n) is 0.996. The van der Waals surface area contributed by atoms with E-state index >= 15 is 0 Å². The molecule has 15 heavy (non-hydrogen) atoms. The van der Waals surface area contributed by atoms with Crippen LogP contribution in [0.2, 0.25) is 0 Å². The lowest BCUT2D eigenvalue weighted by Gasteiger charge is -2.05. The van der Waals surface area contributed by atoms with E-state index in [1.54, 1.807) is 0 Å². The maximum Gasteiger partial charge on any atom is 0.337 e. The van der Waals surface area contributed by atoms with E-state index in [9.17, 15) is 14.7 Å². The number of aromatic hydroxyl groups is 1. The van der Waals surface area contributed by atoms with Crippen LogP contribution in [0.25, 0.3) is 0 Å². The van der Waals surface area contributed by atoms with Crippen molar-refractivity contribution in [2.24, 2.45) is 0 Å². The van der Waals surface area contributed by atoms with Gasteiger partial charge in [0.05, 0.1) is 12.7 Å². The van der Waals surface area contributed by atoms with Crippen molar-refractivity contribution >= 4 is 11.9 Å². The Kier molecular flexibility index (Phi) is 3.28. The van der Waals surface area contributed by atoms with Crippen LogP contribution in [0, 0.1) is 0 Å². The van der Waals surface area contributed by atoms with E-state index in [4.69, 9.17) is 0 Å². The Balaban J connectivity index is 3.05. The molecule has 0 aliphatic carbocycles. The second kappa shape index (κ2) is 4.45. The number of esters is 2. The monoisotopic (exact) mass is 210 g/mol. The van der Waals surface area contributed by atoms with Gasteiger partial charge in [0.1, 0.15) is 0 Å². The maximum atomic E-state index is 11.1. The van der Waals surface area contributed by atoms with Gasteiger partial charge in [-0.05, 0) is 18.2 Å². The predicted molar refractivity (Wildman–Crippen MR) is 50.8 cm³/mol. The SMILES string of the molecule is COC(=O)c1ccc(O)c(OC(C)=O)c1. The van der Waals surface area contributed by atoms with Crippen molar-refractivity contribution in [2.45, 2.75) is 6.92 Å². The van der Waals surface area contributed by atoms with Gasteiger partial charge in [-0.25, -0.2) is 4.79 Å². The molecule has 1 rings (SSSR count). The van der Waals surface area contributed by atoms with Gasteiger partial charge in [-0.15, -0.1) is 0 Å². The third-order valence-corrected chi connectivity index (χ3v) is 1.63. The van der Waals surface area contributed by atoms with Crippen molar-refractivity contribution in [1.29, 1.82) is 0 Å². The van der Waals surface area contributed by atoms with Crippen molar-refractivity contribution in [2.75, 3.05) is 7.11 Å². The highest BCUT2D eigenvalue weighted by Crippen LogP contribution is 2.27. The summed E-state index contributed by atoms with van der Waals surface area (Å²) < 4.78 is 9.16. The Bertz CT molecular complexity index is 397. The number of benzene rings is 1. The van der Waals surface area contributed by atoms with Crippen LogP contribution in [0.1, 0.15) is 17.3 Å². The van der Waals surface area contributed by atoms with Crippen molar-refractivity contribution < 1.29 is 24.2 Å². The first-order valence-electron chi connectivity index (χ1n) is 4.14. The average molecular weight is 210 g/mol. The molecule has 80 valence electrons. The minimum Gasteiger partial charge on any atom is -0.504 e. The van der Waals surface area contributed by atoms with Crippen LogP contribution in [0.5, 0.6) is 11.5 Å². The average Bonchev–Trinajstić information content (AvgIpc) is 2.19. The van der Waals surface area contributed by atoms with Gasteiger partial charge in [0.15, 0.2) is 11.5 Å². The fraction of sp³-hybridized carbons (Fsp3) is 0.200. The van der Waals surface area contributed by atoms with Crippen LogP contribution in [0.4, 0.5) is 0 Å². The second-order valence-corrected chi connectivity index (χ2v) is 2.77. The van der Waals surface area contributed by atoms with Gasteiger partial charge in [-0.3, -0.25) is 4.79 Å². The molecule has 0 fully saturated rings. The van der Waals surface area contributed by atoms with E-state index in [1.807, 2.05) is 0 Å².